The molecule has 2 aromatic rings. The average Bonchev–Trinajstić information content (AvgIpc) is 2.45. The van der Waals surface area contributed by atoms with Gasteiger partial charge in [0.1, 0.15) is 6.61 Å². The molecule has 0 aliphatic rings. The lowest BCUT2D eigenvalue weighted by Crippen LogP contribution is -2.12. The number of aromatic nitrogens is 1. The number of para-hydroxylation sites is 1. The Hall–Kier alpha value is -1.87. The van der Waals surface area contributed by atoms with Gasteiger partial charge in [-0.2, -0.15) is 0 Å². The van der Waals surface area contributed by atoms with Gasteiger partial charge in [0.05, 0.1) is 5.52 Å². The molecule has 1 N–H and O–H groups in total. The Labute approximate surface area is 114 Å². The average molecular weight is 256 g/mol. The van der Waals surface area contributed by atoms with Crippen molar-refractivity contribution in [2.75, 3.05) is 13.2 Å². The van der Waals surface area contributed by atoms with Crippen LogP contribution in [0.3, 0.4) is 0 Å². The summed E-state index contributed by atoms with van der Waals surface area (Å²) in [6.07, 6.45) is 3.95. The number of pyridine rings is 1. The first-order valence-corrected chi connectivity index (χ1v) is 6.68. The summed E-state index contributed by atoms with van der Waals surface area (Å²) >= 11 is 0. The maximum absolute atomic E-state index is 5.65. The predicted octanol–water partition coefficient (Wildman–Crippen LogP) is 3.30. The van der Waals surface area contributed by atoms with E-state index in [1.165, 1.54) is 10.9 Å². The van der Waals surface area contributed by atoms with Crippen LogP contribution in [0.2, 0.25) is 0 Å². The summed E-state index contributed by atoms with van der Waals surface area (Å²) in [6.45, 7) is 6.42. The van der Waals surface area contributed by atoms with E-state index in [-0.39, 0.29) is 0 Å². The Balaban J connectivity index is 2.32. The molecule has 1 heterocycles. The molecule has 2 rings (SSSR count). The van der Waals surface area contributed by atoms with Crippen molar-refractivity contribution >= 4 is 10.9 Å². The number of benzene rings is 1. The minimum absolute atomic E-state index is 0.558. The third-order valence-electron chi connectivity index (χ3n) is 2.91. The smallest absolute Gasteiger partial charge is 0.214 e. The standard InChI is InChI=1S/C16H20N2O/c1-3-5-10-19-16-11-13(12-17-4-2)14-8-6-7-9-15(14)18-16/h3,5-9,11,17H,4,10,12H2,1-2H3. The van der Waals surface area contributed by atoms with Gasteiger partial charge in [-0.25, -0.2) is 4.98 Å². The first-order chi connectivity index (χ1) is 9.35. The lowest BCUT2D eigenvalue weighted by Gasteiger charge is -2.10. The van der Waals surface area contributed by atoms with Gasteiger partial charge in [-0.05, 0) is 25.1 Å². The third-order valence-corrected chi connectivity index (χ3v) is 2.91. The zero-order valence-electron chi connectivity index (χ0n) is 11.5. The Bertz CT molecular complexity index is 564. The molecule has 3 heteroatoms. The van der Waals surface area contributed by atoms with Crippen LogP contribution in [0.1, 0.15) is 19.4 Å². The molecule has 0 bridgehead atoms. The van der Waals surface area contributed by atoms with Gasteiger partial charge in [0.15, 0.2) is 0 Å². The SMILES string of the molecule is CC=CCOc1cc(CNCC)c2ccccc2n1. The third kappa shape index (κ3) is 3.55. The molecule has 3 nitrogen and oxygen atoms in total. The maximum atomic E-state index is 5.65. The number of hydrogen-bond donors (Lipinski definition) is 1. The van der Waals surface area contributed by atoms with E-state index in [0.717, 1.165) is 18.6 Å². The van der Waals surface area contributed by atoms with Crippen LogP contribution in [-0.4, -0.2) is 18.1 Å². The minimum atomic E-state index is 0.558. The molecule has 100 valence electrons. The Kier molecular flexibility index (Phi) is 4.93. The summed E-state index contributed by atoms with van der Waals surface area (Å²) in [5.74, 6) is 0.685. The number of nitrogens with one attached hydrogen (secondary N) is 1. The summed E-state index contributed by atoms with van der Waals surface area (Å²) in [7, 11) is 0. The van der Waals surface area contributed by atoms with Crippen molar-refractivity contribution in [2.24, 2.45) is 0 Å². The van der Waals surface area contributed by atoms with Gasteiger partial charge in [-0.1, -0.05) is 37.3 Å². The van der Waals surface area contributed by atoms with E-state index < -0.39 is 0 Å². The van der Waals surface area contributed by atoms with Crippen molar-refractivity contribution in [3.63, 3.8) is 0 Å². The number of rotatable bonds is 6. The Morgan fingerprint density at radius 3 is 2.95 bits per heavy atom. The topological polar surface area (TPSA) is 34.1 Å². The van der Waals surface area contributed by atoms with Gasteiger partial charge in [-0.3, -0.25) is 0 Å². The second kappa shape index (κ2) is 6.90. The number of ether oxygens (including phenoxy) is 1. The van der Waals surface area contributed by atoms with Crippen molar-refractivity contribution in [3.8, 4) is 5.88 Å². The number of fused-ring (bicyclic) bond motifs is 1. The molecule has 0 amide bonds. The van der Waals surface area contributed by atoms with Crippen LogP contribution in [0.4, 0.5) is 0 Å². The van der Waals surface area contributed by atoms with Crippen LogP contribution < -0.4 is 10.1 Å². The van der Waals surface area contributed by atoms with Crippen LogP contribution in [0.15, 0.2) is 42.5 Å². The van der Waals surface area contributed by atoms with Crippen LogP contribution in [0, 0.1) is 0 Å². The second-order valence-electron chi connectivity index (χ2n) is 4.30. The highest BCUT2D eigenvalue weighted by Crippen LogP contribution is 2.22. The van der Waals surface area contributed by atoms with Crippen molar-refractivity contribution in [3.05, 3.63) is 48.0 Å². The van der Waals surface area contributed by atoms with E-state index >= 15 is 0 Å². The van der Waals surface area contributed by atoms with E-state index in [2.05, 4.69) is 23.3 Å². The Morgan fingerprint density at radius 2 is 2.16 bits per heavy atom. The maximum Gasteiger partial charge on any atom is 0.214 e. The van der Waals surface area contributed by atoms with Crippen LogP contribution in [0.25, 0.3) is 10.9 Å². The number of hydrogen-bond acceptors (Lipinski definition) is 3. The molecule has 0 saturated carbocycles. The van der Waals surface area contributed by atoms with Gasteiger partial charge >= 0.3 is 0 Å². The first kappa shape index (κ1) is 13.6. The van der Waals surface area contributed by atoms with Crippen LogP contribution in [-0.2, 0) is 6.54 Å². The summed E-state index contributed by atoms with van der Waals surface area (Å²) in [5, 5.41) is 4.54. The molecule has 19 heavy (non-hydrogen) atoms. The van der Waals surface area contributed by atoms with Crippen molar-refractivity contribution in [1.29, 1.82) is 0 Å². The molecule has 0 aliphatic heterocycles. The Morgan fingerprint density at radius 1 is 1.32 bits per heavy atom. The lowest BCUT2D eigenvalue weighted by atomic mass is 10.1. The van der Waals surface area contributed by atoms with E-state index in [9.17, 15) is 0 Å². The van der Waals surface area contributed by atoms with Crippen molar-refractivity contribution in [1.82, 2.24) is 10.3 Å². The zero-order valence-corrected chi connectivity index (χ0v) is 11.5. The fraction of sp³-hybridized carbons (Fsp3) is 0.312. The molecule has 0 fully saturated rings. The molecule has 0 atom stereocenters. The molecule has 0 radical (unpaired) electrons. The molecule has 0 aliphatic carbocycles. The summed E-state index contributed by atoms with van der Waals surface area (Å²) in [5.41, 5.74) is 2.20. The van der Waals surface area contributed by atoms with E-state index in [1.807, 2.05) is 43.3 Å². The highest BCUT2D eigenvalue weighted by molar-refractivity contribution is 5.82. The van der Waals surface area contributed by atoms with E-state index in [0.29, 0.717) is 12.5 Å². The summed E-state index contributed by atoms with van der Waals surface area (Å²) in [4.78, 5) is 4.53. The molecular weight excluding hydrogens is 236 g/mol. The van der Waals surface area contributed by atoms with Gasteiger partial charge in [-0.15, -0.1) is 0 Å². The van der Waals surface area contributed by atoms with E-state index in [1.54, 1.807) is 0 Å². The normalized spacial score (nSPS) is 11.3. The van der Waals surface area contributed by atoms with Crippen LogP contribution >= 0.6 is 0 Å². The quantitative estimate of drug-likeness (QED) is 0.805. The molecule has 0 saturated heterocycles. The molecule has 0 unspecified atom stereocenters. The highest BCUT2D eigenvalue weighted by Gasteiger charge is 2.05. The summed E-state index contributed by atoms with van der Waals surface area (Å²) < 4.78 is 5.65. The lowest BCUT2D eigenvalue weighted by molar-refractivity contribution is 0.349. The first-order valence-electron chi connectivity index (χ1n) is 6.68. The van der Waals surface area contributed by atoms with E-state index in [4.69, 9.17) is 4.74 Å². The number of nitrogens with zero attached hydrogens (tertiary/aromatic N) is 1. The van der Waals surface area contributed by atoms with Crippen molar-refractivity contribution in [2.45, 2.75) is 20.4 Å². The molecule has 1 aromatic carbocycles. The second-order valence-corrected chi connectivity index (χ2v) is 4.30. The monoisotopic (exact) mass is 256 g/mol. The van der Waals surface area contributed by atoms with Gasteiger partial charge in [0.25, 0.3) is 0 Å². The number of allylic oxidation sites excluding steroid dienone is 1. The molecule has 0 spiro atoms. The summed E-state index contributed by atoms with van der Waals surface area (Å²) in [6, 6.07) is 10.2. The fourth-order valence-electron chi connectivity index (χ4n) is 1.93. The van der Waals surface area contributed by atoms with Crippen molar-refractivity contribution < 1.29 is 4.74 Å². The zero-order chi connectivity index (χ0) is 13.5. The minimum Gasteiger partial charge on any atom is -0.473 e. The largest absolute Gasteiger partial charge is 0.473 e. The predicted molar refractivity (Wildman–Crippen MR) is 79.4 cm³/mol. The van der Waals surface area contributed by atoms with Gasteiger partial charge in [0.2, 0.25) is 5.88 Å². The fourth-order valence-corrected chi connectivity index (χ4v) is 1.93. The van der Waals surface area contributed by atoms with Gasteiger partial charge < -0.3 is 10.1 Å². The van der Waals surface area contributed by atoms with Gasteiger partial charge in [0, 0.05) is 18.0 Å². The van der Waals surface area contributed by atoms with Crippen LogP contribution in [0.5, 0.6) is 5.88 Å². The molecular formula is C16H20N2O. The molecule has 1 aromatic heterocycles. The highest BCUT2D eigenvalue weighted by atomic mass is 16.5.